The minimum atomic E-state index is -0.817. The van der Waals surface area contributed by atoms with Crippen molar-refractivity contribution in [2.24, 2.45) is 0 Å². The molecule has 0 aromatic heterocycles. The standard InChI is InChI=1S/C18H17FN2O4/c1-24-15-4-2-3-11-9-14(10-25-16(11)15)21-18(23)17(22)20-13-7-5-12(19)6-8-13/h2-8,14H,9-10H2,1H3,(H,20,22)(H,21,23). The van der Waals surface area contributed by atoms with E-state index in [0.717, 1.165) is 5.56 Å². The van der Waals surface area contributed by atoms with Crippen molar-refractivity contribution in [3.8, 4) is 11.5 Å². The first-order valence-corrected chi connectivity index (χ1v) is 7.73. The van der Waals surface area contributed by atoms with Crippen LogP contribution >= 0.6 is 0 Å². The molecule has 0 aliphatic carbocycles. The van der Waals surface area contributed by atoms with Gasteiger partial charge >= 0.3 is 11.8 Å². The molecule has 2 amide bonds. The van der Waals surface area contributed by atoms with E-state index in [9.17, 15) is 14.0 Å². The van der Waals surface area contributed by atoms with Crippen LogP contribution in [0.3, 0.4) is 0 Å². The predicted molar refractivity (Wildman–Crippen MR) is 89.2 cm³/mol. The van der Waals surface area contributed by atoms with Gasteiger partial charge in [0.05, 0.1) is 13.2 Å². The van der Waals surface area contributed by atoms with Gasteiger partial charge in [0.15, 0.2) is 11.5 Å². The number of benzene rings is 2. The molecule has 25 heavy (non-hydrogen) atoms. The molecule has 0 bridgehead atoms. The van der Waals surface area contributed by atoms with E-state index in [-0.39, 0.29) is 12.6 Å². The van der Waals surface area contributed by atoms with Crippen LogP contribution in [0, 0.1) is 5.82 Å². The van der Waals surface area contributed by atoms with E-state index >= 15 is 0 Å². The molecule has 1 heterocycles. The third kappa shape index (κ3) is 3.88. The second kappa shape index (κ2) is 7.21. The van der Waals surface area contributed by atoms with Crippen molar-refractivity contribution in [2.45, 2.75) is 12.5 Å². The van der Waals surface area contributed by atoms with Crippen molar-refractivity contribution >= 4 is 17.5 Å². The number of hydrogen-bond acceptors (Lipinski definition) is 4. The Morgan fingerprint density at radius 3 is 2.64 bits per heavy atom. The highest BCUT2D eigenvalue weighted by Gasteiger charge is 2.26. The summed E-state index contributed by atoms with van der Waals surface area (Å²) in [7, 11) is 1.56. The fourth-order valence-electron chi connectivity index (χ4n) is 2.62. The lowest BCUT2D eigenvalue weighted by Gasteiger charge is -2.26. The zero-order valence-corrected chi connectivity index (χ0v) is 13.5. The molecule has 0 saturated heterocycles. The summed E-state index contributed by atoms with van der Waals surface area (Å²) in [4.78, 5) is 24.0. The Labute approximate surface area is 143 Å². The van der Waals surface area contributed by atoms with Crippen molar-refractivity contribution in [3.63, 3.8) is 0 Å². The molecule has 1 aliphatic rings. The minimum Gasteiger partial charge on any atom is -0.493 e. The summed E-state index contributed by atoms with van der Waals surface area (Å²) >= 11 is 0. The summed E-state index contributed by atoms with van der Waals surface area (Å²) < 4.78 is 23.7. The summed E-state index contributed by atoms with van der Waals surface area (Å²) in [5.74, 6) is -0.717. The van der Waals surface area contributed by atoms with Gasteiger partial charge in [0.2, 0.25) is 0 Å². The number of fused-ring (bicyclic) bond motifs is 1. The van der Waals surface area contributed by atoms with E-state index in [1.54, 1.807) is 13.2 Å². The van der Waals surface area contributed by atoms with Gasteiger partial charge in [0.1, 0.15) is 12.4 Å². The van der Waals surface area contributed by atoms with Gasteiger partial charge in [-0.15, -0.1) is 0 Å². The van der Waals surface area contributed by atoms with Crippen LogP contribution in [0.1, 0.15) is 5.56 Å². The number of nitrogens with one attached hydrogen (secondary N) is 2. The van der Waals surface area contributed by atoms with Gasteiger partial charge in [-0.25, -0.2) is 4.39 Å². The normalized spacial score (nSPS) is 15.5. The predicted octanol–water partition coefficient (Wildman–Crippen LogP) is 1.89. The van der Waals surface area contributed by atoms with Crippen LogP contribution in [-0.2, 0) is 16.0 Å². The molecule has 0 spiro atoms. The highest BCUT2D eigenvalue weighted by atomic mass is 19.1. The molecule has 2 aromatic rings. The number of amides is 2. The molecular weight excluding hydrogens is 327 g/mol. The second-order valence-electron chi connectivity index (χ2n) is 5.60. The molecule has 0 radical (unpaired) electrons. The molecule has 1 aliphatic heterocycles. The SMILES string of the molecule is COc1cccc2c1OCC(NC(=O)C(=O)Nc1ccc(F)cc1)C2. The van der Waals surface area contributed by atoms with E-state index < -0.39 is 17.6 Å². The van der Waals surface area contributed by atoms with E-state index in [1.165, 1.54) is 24.3 Å². The average Bonchev–Trinajstić information content (AvgIpc) is 2.62. The maximum atomic E-state index is 12.9. The summed E-state index contributed by atoms with van der Waals surface area (Å²) in [6, 6.07) is 10.4. The number of anilines is 1. The molecule has 2 aromatic carbocycles. The minimum absolute atomic E-state index is 0.239. The number of halogens is 1. The third-order valence-electron chi connectivity index (χ3n) is 3.82. The van der Waals surface area contributed by atoms with Crippen molar-refractivity contribution < 1.29 is 23.5 Å². The van der Waals surface area contributed by atoms with Gasteiger partial charge in [-0.2, -0.15) is 0 Å². The lowest BCUT2D eigenvalue weighted by Crippen LogP contribution is -2.47. The Morgan fingerprint density at radius 1 is 1.16 bits per heavy atom. The van der Waals surface area contributed by atoms with E-state index in [1.807, 2.05) is 12.1 Å². The lowest BCUT2D eigenvalue weighted by atomic mass is 10.0. The van der Waals surface area contributed by atoms with E-state index in [4.69, 9.17) is 9.47 Å². The van der Waals surface area contributed by atoms with Crippen LogP contribution in [-0.4, -0.2) is 31.6 Å². The topological polar surface area (TPSA) is 76.7 Å². The molecule has 2 N–H and O–H groups in total. The van der Waals surface area contributed by atoms with Crippen LogP contribution in [0.25, 0.3) is 0 Å². The molecule has 1 unspecified atom stereocenters. The molecule has 0 saturated carbocycles. The van der Waals surface area contributed by atoms with Gasteiger partial charge in [-0.1, -0.05) is 12.1 Å². The van der Waals surface area contributed by atoms with Gasteiger partial charge in [0.25, 0.3) is 0 Å². The molecule has 3 rings (SSSR count). The van der Waals surface area contributed by atoms with Crippen LogP contribution in [0.5, 0.6) is 11.5 Å². The molecule has 6 nitrogen and oxygen atoms in total. The Bertz CT molecular complexity index is 792. The number of carbonyl (C=O) groups is 2. The van der Waals surface area contributed by atoms with Crippen molar-refractivity contribution in [3.05, 3.63) is 53.8 Å². The molecule has 1 atom stereocenters. The quantitative estimate of drug-likeness (QED) is 0.834. The van der Waals surface area contributed by atoms with Gasteiger partial charge in [-0.05, 0) is 36.8 Å². The molecular formula is C18H17FN2O4. The van der Waals surface area contributed by atoms with Crippen LogP contribution < -0.4 is 20.1 Å². The molecule has 130 valence electrons. The smallest absolute Gasteiger partial charge is 0.313 e. The summed E-state index contributed by atoms with van der Waals surface area (Å²) in [5, 5.41) is 5.06. The Hall–Kier alpha value is -3.09. The molecule has 0 fully saturated rings. The van der Waals surface area contributed by atoms with Crippen LogP contribution in [0.15, 0.2) is 42.5 Å². The number of ether oxygens (including phenoxy) is 2. The number of rotatable bonds is 3. The number of hydrogen-bond donors (Lipinski definition) is 2. The Balaban J connectivity index is 1.59. The Kier molecular flexibility index (Phi) is 4.83. The monoisotopic (exact) mass is 344 g/mol. The first-order valence-electron chi connectivity index (χ1n) is 7.73. The van der Waals surface area contributed by atoms with Crippen molar-refractivity contribution in [1.29, 1.82) is 0 Å². The fourth-order valence-corrected chi connectivity index (χ4v) is 2.62. The average molecular weight is 344 g/mol. The van der Waals surface area contributed by atoms with Gasteiger partial charge in [-0.3, -0.25) is 9.59 Å². The van der Waals surface area contributed by atoms with Crippen molar-refractivity contribution in [2.75, 3.05) is 19.0 Å². The van der Waals surface area contributed by atoms with E-state index in [0.29, 0.717) is 23.6 Å². The van der Waals surface area contributed by atoms with E-state index in [2.05, 4.69) is 10.6 Å². The maximum Gasteiger partial charge on any atom is 0.313 e. The van der Waals surface area contributed by atoms with Crippen molar-refractivity contribution in [1.82, 2.24) is 5.32 Å². The highest BCUT2D eigenvalue weighted by molar-refractivity contribution is 6.39. The zero-order valence-electron chi connectivity index (χ0n) is 13.5. The van der Waals surface area contributed by atoms with Gasteiger partial charge in [0, 0.05) is 11.3 Å². The lowest BCUT2D eigenvalue weighted by molar-refractivity contribution is -0.136. The number of carbonyl (C=O) groups excluding carboxylic acids is 2. The fraction of sp³-hybridized carbons (Fsp3) is 0.222. The number of para-hydroxylation sites is 1. The van der Waals surface area contributed by atoms with Gasteiger partial charge < -0.3 is 20.1 Å². The Morgan fingerprint density at radius 2 is 1.92 bits per heavy atom. The second-order valence-corrected chi connectivity index (χ2v) is 5.60. The largest absolute Gasteiger partial charge is 0.493 e. The third-order valence-corrected chi connectivity index (χ3v) is 3.82. The highest BCUT2D eigenvalue weighted by Crippen LogP contribution is 2.34. The summed E-state index contributed by atoms with van der Waals surface area (Å²) in [6.45, 7) is 0.239. The summed E-state index contributed by atoms with van der Waals surface area (Å²) in [5.41, 5.74) is 1.24. The zero-order chi connectivity index (χ0) is 17.8. The first-order chi connectivity index (χ1) is 12.1. The summed E-state index contributed by atoms with van der Waals surface area (Å²) in [6.07, 6.45) is 0.530. The van der Waals surface area contributed by atoms with Crippen LogP contribution in [0.2, 0.25) is 0 Å². The van der Waals surface area contributed by atoms with Crippen LogP contribution in [0.4, 0.5) is 10.1 Å². The first kappa shape index (κ1) is 16.8. The maximum absolute atomic E-state index is 12.9. The number of methoxy groups -OCH3 is 1. The molecule has 7 heteroatoms.